The van der Waals surface area contributed by atoms with E-state index in [1.54, 1.807) is 23.4 Å². The summed E-state index contributed by atoms with van der Waals surface area (Å²) in [5.74, 6) is 1.46. The van der Waals surface area contributed by atoms with Gasteiger partial charge in [0.15, 0.2) is 5.65 Å². The van der Waals surface area contributed by atoms with Gasteiger partial charge in [-0.2, -0.15) is 9.61 Å². The summed E-state index contributed by atoms with van der Waals surface area (Å²) < 4.78 is 7.36. The van der Waals surface area contributed by atoms with Crippen LogP contribution < -0.4 is 10.5 Å². The molecule has 0 bridgehead atoms. The fourth-order valence-electron chi connectivity index (χ4n) is 2.71. The van der Waals surface area contributed by atoms with Gasteiger partial charge in [-0.1, -0.05) is 54.2 Å². The molecule has 0 saturated carbocycles. The Hall–Kier alpha value is -2.99. The molecule has 4 aromatic rings. The molecule has 2 aromatic heterocycles. The van der Waals surface area contributed by atoms with Gasteiger partial charge >= 0.3 is 0 Å². The molecule has 0 aliphatic rings. The molecule has 0 saturated heterocycles. The van der Waals surface area contributed by atoms with Crippen LogP contribution in [0.5, 0.6) is 5.88 Å². The van der Waals surface area contributed by atoms with Crippen LogP contribution in [0, 0.1) is 0 Å². The lowest BCUT2D eigenvalue weighted by Crippen LogP contribution is -1.97. The standard InChI is InChI=1S/C20H18N4OS/c1-25-20-19(15-5-3-2-4-6-15)22-17-11-12-18(23-24(17)20)26-13-14-7-9-16(21)10-8-14/h2-12H,13,21H2,1H3. The van der Waals surface area contributed by atoms with Crippen molar-refractivity contribution in [2.45, 2.75) is 10.8 Å². The second-order valence-electron chi connectivity index (χ2n) is 5.81. The number of fused-ring (bicyclic) bond motifs is 1. The minimum absolute atomic E-state index is 0.640. The smallest absolute Gasteiger partial charge is 0.243 e. The van der Waals surface area contributed by atoms with Gasteiger partial charge in [-0.15, -0.1) is 0 Å². The van der Waals surface area contributed by atoms with E-state index in [-0.39, 0.29) is 0 Å². The molecular weight excluding hydrogens is 344 g/mol. The molecule has 2 heterocycles. The van der Waals surface area contributed by atoms with Gasteiger partial charge in [-0.05, 0) is 29.8 Å². The summed E-state index contributed by atoms with van der Waals surface area (Å²) in [7, 11) is 1.64. The summed E-state index contributed by atoms with van der Waals surface area (Å²) in [4.78, 5) is 4.68. The molecule has 0 aliphatic heterocycles. The predicted octanol–water partition coefficient (Wildman–Crippen LogP) is 4.28. The number of nitrogen functional groups attached to an aromatic ring is 1. The molecule has 0 spiro atoms. The number of thioether (sulfide) groups is 1. The van der Waals surface area contributed by atoms with Crippen LogP contribution in [0.1, 0.15) is 5.56 Å². The molecule has 6 heteroatoms. The van der Waals surface area contributed by atoms with Gasteiger partial charge in [0, 0.05) is 17.0 Å². The number of benzene rings is 2. The van der Waals surface area contributed by atoms with E-state index in [0.717, 1.165) is 33.4 Å². The molecule has 0 fully saturated rings. The molecule has 26 heavy (non-hydrogen) atoms. The Morgan fingerprint density at radius 1 is 1.00 bits per heavy atom. The third kappa shape index (κ3) is 3.23. The summed E-state index contributed by atoms with van der Waals surface area (Å²) in [5, 5.41) is 5.60. The lowest BCUT2D eigenvalue weighted by molar-refractivity contribution is 0.387. The Kier molecular flexibility index (Phi) is 4.50. The van der Waals surface area contributed by atoms with Crippen LogP contribution in [0.25, 0.3) is 16.9 Å². The predicted molar refractivity (Wildman–Crippen MR) is 105 cm³/mol. The minimum Gasteiger partial charge on any atom is -0.479 e. The van der Waals surface area contributed by atoms with Crippen molar-refractivity contribution in [2.24, 2.45) is 0 Å². The van der Waals surface area contributed by atoms with E-state index in [1.807, 2.05) is 66.7 Å². The maximum Gasteiger partial charge on any atom is 0.243 e. The van der Waals surface area contributed by atoms with Crippen molar-refractivity contribution in [2.75, 3.05) is 12.8 Å². The number of anilines is 1. The molecule has 5 nitrogen and oxygen atoms in total. The Bertz CT molecular complexity index is 1030. The second-order valence-corrected chi connectivity index (χ2v) is 6.80. The van der Waals surface area contributed by atoms with E-state index in [0.29, 0.717) is 5.88 Å². The van der Waals surface area contributed by atoms with Crippen molar-refractivity contribution in [1.29, 1.82) is 0 Å². The van der Waals surface area contributed by atoms with Crippen LogP contribution in [0.15, 0.2) is 71.8 Å². The third-order valence-electron chi connectivity index (χ3n) is 4.02. The summed E-state index contributed by atoms with van der Waals surface area (Å²) in [6.45, 7) is 0. The lowest BCUT2D eigenvalue weighted by Gasteiger charge is -2.05. The highest BCUT2D eigenvalue weighted by atomic mass is 32.2. The van der Waals surface area contributed by atoms with Crippen LogP contribution in [0.2, 0.25) is 0 Å². The second kappa shape index (κ2) is 7.09. The van der Waals surface area contributed by atoms with Gasteiger partial charge < -0.3 is 10.5 Å². The molecule has 2 N–H and O–H groups in total. The zero-order valence-corrected chi connectivity index (χ0v) is 15.1. The highest BCUT2D eigenvalue weighted by Crippen LogP contribution is 2.31. The zero-order chi connectivity index (χ0) is 17.9. The monoisotopic (exact) mass is 362 g/mol. The first-order chi connectivity index (χ1) is 12.7. The van der Waals surface area contributed by atoms with E-state index < -0.39 is 0 Å². The Morgan fingerprint density at radius 3 is 2.50 bits per heavy atom. The fourth-order valence-corrected chi connectivity index (χ4v) is 3.52. The number of nitrogens with two attached hydrogens (primary N) is 1. The largest absolute Gasteiger partial charge is 0.479 e. The van der Waals surface area contributed by atoms with E-state index in [9.17, 15) is 0 Å². The zero-order valence-electron chi connectivity index (χ0n) is 14.3. The number of aromatic nitrogens is 3. The van der Waals surface area contributed by atoms with Gasteiger partial charge in [0.2, 0.25) is 5.88 Å². The van der Waals surface area contributed by atoms with Crippen molar-refractivity contribution in [3.63, 3.8) is 0 Å². The van der Waals surface area contributed by atoms with Crippen molar-refractivity contribution < 1.29 is 4.74 Å². The topological polar surface area (TPSA) is 65.4 Å². The highest BCUT2D eigenvalue weighted by molar-refractivity contribution is 7.98. The van der Waals surface area contributed by atoms with Crippen molar-refractivity contribution in [3.05, 3.63) is 72.3 Å². The molecule has 130 valence electrons. The van der Waals surface area contributed by atoms with Gasteiger partial charge in [-0.25, -0.2) is 4.98 Å². The molecule has 0 amide bonds. The normalized spacial score (nSPS) is 11.0. The van der Waals surface area contributed by atoms with Crippen LogP contribution in [0.4, 0.5) is 5.69 Å². The molecule has 0 radical (unpaired) electrons. The number of ether oxygens (including phenoxy) is 1. The third-order valence-corrected chi connectivity index (χ3v) is 5.01. The van der Waals surface area contributed by atoms with Gasteiger partial charge in [-0.3, -0.25) is 0 Å². The number of hydrogen-bond acceptors (Lipinski definition) is 5. The van der Waals surface area contributed by atoms with Gasteiger partial charge in [0.05, 0.1) is 7.11 Å². The first kappa shape index (κ1) is 16.5. The fraction of sp³-hybridized carbons (Fsp3) is 0.100. The molecule has 2 aromatic carbocycles. The number of rotatable bonds is 5. The van der Waals surface area contributed by atoms with E-state index in [1.165, 1.54) is 5.56 Å². The van der Waals surface area contributed by atoms with Crippen molar-refractivity contribution >= 4 is 23.1 Å². The first-order valence-corrected chi connectivity index (χ1v) is 9.19. The Balaban J connectivity index is 1.65. The van der Waals surface area contributed by atoms with Crippen LogP contribution in [0.3, 0.4) is 0 Å². The van der Waals surface area contributed by atoms with Crippen molar-refractivity contribution in [3.8, 4) is 17.1 Å². The number of nitrogens with zero attached hydrogens (tertiary/aromatic N) is 3. The molecule has 4 rings (SSSR count). The van der Waals surface area contributed by atoms with Gasteiger partial charge in [0.25, 0.3) is 0 Å². The van der Waals surface area contributed by atoms with E-state index in [4.69, 9.17) is 15.6 Å². The summed E-state index contributed by atoms with van der Waals surface area (Å²) >= 11 is 1.66. The SMILES string of the molecule is COc1c(-c2ccccc2)nc2ccc(SCc3ccc(N)cc3)nn12. The summed E-state index contributed by atoms with van der Waals surface area (Å²) in [6.07, 6.45) is 0. The van der Waals surface area contributed by atoms with Crippen LogP contribution >= 0.6 is 11.8 Å². The molecule has 0 unspecified atom stereocenters. The quantitative estimate of drug-likeness (QED) is 0.424. The maximum absolute atomic E-state index is 5.74. The maximum atomic E-state index is 5.74. The number of methoxy groups -OCH3 is 1. The lowest BCUT2D eigenvalue weighted by atomic mass is 10.2. The Morgan fingerprint density at radius 2 is 1.77 bits per heavy atom. The molecule has 0 aliphatic carbocycles. The number of hydrogen-bond donors (Lipinski definition) is 1. The molecule has 0 atom stereocenters. The molecular formula is C20H18N4OS. The Labute approximate surface area is 155 Å². The first-order valence-electron chi connectivity index (χ1n) is 8.21. The summed E-state index contributed by atoms with van der Waals surface area (Å²) in [5.41, 5.74) is 10.3. The van der Waals surface area contributed by atoms with E-state index >= 15 is 0 Å². The average Bonchev–Trinajstić information content (AvgIpc) is 3.06. The van der Waals surface area contributed by atoms with Crippen LogP contribution in [-0.2, 0) is 5.75 Å². The summed E-state index contributed by atoms with van der Waals surface area (Å²) in [6, 6.07) is 21.8. The van der Waals surface area contributed by atoms with E-state index in [2.05, 4.69) is 4.98 Å². The average molecular weight is 362 g/mol. The van der Waals surface area contributed by atoms with Crippen LogP contribution in [-0.4, -0.2) is 21.7 Å². The number of imidazole rings is 1. The van der Waals surface area contributed by atoms with Gasteiger partial charge in [0.1, 0.15) is 10.7 Å². The highest BCUT2D eigenvalue weighted by Gasteiger charge is 2.16. The minimum atomic E-state index is 0.640. The van der Waals surface area contributed by atoms with Crippen molar-refractivity contribution in [1.82, 2.24) is 14.6 Å².